The molecule has 0 aliphatic rings. The van der Waals surface area contributed by atoms with Crippen LogP contribution < -0.4 is 5.43 Å². The van der Waals surface area contributed by atoms with Crippen LogP contribution in [0.4, 0.5) is 27.9 Å². The summed E-state index contributed by atoms with van der Waals surface area (Å²) in [6, 6.07) is 1.68. The highest BCUT2D eigenvalue weighted by Gasteiger charge is 2.24. The van der Waals surface area contributed by atoms with E-state index in [0.29, 0.717) is 17.6 Å². The zero-order chi connectivity index (χ0) is 16.4. The number of anilines is 1. The van der Waals surface area contributed by atoms with Crippen LogP contribution in [-0.2, 0) is 0 Å². The Morgan fingerprint density at radius 3 is 1.82 bits per heavy atom. The number of aryl methyl sites for hydroxylation is 2. The Balaban J connectivity index is 2.31. The molecule has 1 heterocycles. The van der Waals surface area contributed by atoms with Crippen molar-refractivity contribution in [2.75, 3.05) is 5.43 Å². The van der Waals surface area contributed by atoms with Crippen LogP contribution in [0.3, 0.4) is 0 Å². The molecule has 0 aliphatic carbocycles. The highest BCUT2D eigenvalue weighted by molar-refractivity contribution is 5.81. The first-order chi connectivity index (χ1) is 10.3. The standard InChI is InChI=1S/C13H9F5N4/c1-5-3-6(2)21-13(20-5)22-19-4-7-8(14)10(16)12(18)11(17)9(7)15/h3-4H,1-2H3,(H,20,21,22). The summed E-state index contributed by atoms with van der Waals surface area (Å²) in [6.07, 6.45) is 0.470. The molecule has 116 valence electrons. The van der Waals surface area contributed by atoms with Gasteiger partial charge in [-0.15, -0.1) is 0 Å². The fourth-order valence-corrected chi connectivity index (χ4v) is 1.67. The molecular formula is C13H9F5N4. The quantitative estimate of drug-likeness (QED) is 0.311. The van der Waals surface area contributed by atoms with Gasteiger partial charge in [0, 0.05) is 11.4 Å². The van der Waals surface area contributed by atoms with Gasteiger partial charge in [0.15, 0.2) is 23.3 Å². The highest BCUT2D eigenvalue weighted by atomic mass is 19.2. The van der Waals surface area contributed by atoms with Gasteiger partial charge in [-0.1, -0.05) is 0 Å². The second kappa shape index (κ2) is 6.04. The molecule has 0 amide bonds. The summed E-state index contributed by atoms with van der Waals surface area (Å²) in [5, 5.41) is 3.39. The van der Waals surface area contributed by atoms with Crippen LogP contribution in [0.2, 0.25) is 0 Å². The van der Waals surface area contributed by atoms with Gasteiger partial charge in [-0.25, -0.2) is 37.3 Å². The molecule has 22 heavy (non-hydrogen) atoms. The smallest absolute Gasteiger partial charge is 0.243 e. The minimum Gasteiger partial charge on any atom is -0.245 e. The molecule has 0 radical (unpaired) electrons. The Morgan fingerprint density at radius 1 is 0.864 bits per heavy atom. The molecule has 1 aromatic heterocycles. The van der Waals surface area contributed by atoms with E-state index < -0.39 is 34.6 Å². The van der Waals surface area contributed by atoms with E-state index in [2.05, 4.69) is 20.5 Å². The minimum atomic E-state index is -2.22. The Hall–Kier alpha value is -2.58. The third kappa shape index (κ3) is 3.02. The molecule has 0 atom stereocenters. The molecular weight excluding hydrogens is 307 g/mol. The van der Waals surface area contributed by atoms with Gasteiger partial charge in [0.1, 0.15) is 0 Å². The second-order valence-corrected chi connectivity index (χ2v) is 4.33. The predicted molar refractivity (Wildman–Crippen MR) is 69.0 cm³/mol. The number of aromatic nitrogens is 2. The maximum Gasteiger partial charge on any atom is 0.243 e. The van der Waals surface area contributed by atoms with E-state index in [-0.39, 0.29) is 5.95 Å². The topological polar surface area (TPSA) is 50.2 Å². The number of benzene rings is 1. The first kappa shape index (κ1) is 15.8. The zero-order valence-electron chi connectivity index (χ0n) is 11.4. The molecule has 0 aliphatic heterocycles. The lowest BCUT2D eigenvalue weighted by molar-refractivity contribution is 0.377. The molecule has 0 bridgehead atoms. The van der Waals surface area contributed by atoms with Gasteiger partial charge in [0.05, 0.1) is 11.8 Å². The van der Waals surface area contributed by atoms with Crippen molar-refractivity contribution in [2.24, 2.45) is 5.10 Å². The molecule has 1 aromatic carbocycles. The maximum atomic E-state index is 13.4. The number of hydrazone groups is 1. The van der Waals surface area contributed by atoms with Gasteiger partial charge in [-0.3, -0.25) is 0 Å². The molecule has 0 spiro atoms. The van der Waals surface area contributed by atoms with Gasteiger partial charge in [-0.05, 0) is 19.9 Å². The molecule has 2 rings (SSSR count). The monoisotopic (exact) mass is 316 g/mol. The van der Waals surface area contributed by atoms with Gasteiger partial charge in [-0.2, -0.15) is 5.10 Å². The maximum absolute atomic E-state index is 13.4. The number of rotatable bonds is 3. The van der Waals surface area contributed by atoms with Crippen molar-refractivity contribution in [3.63, 3.8) is 0 Å². The van der Waals surface area contributed by atoms with E-state index >= 15 is 0 Å². The number of nitrogens with one attached hydrogen (secondary N) is 1. The largest absolute Gasteiger partial charge is 0.245 e. The lowest BCUT2D eigenvalue weighted by Gasteiger charge is -2.04. The molecule has 9 heteroatoms. The Kier molecular flexibility index (Phi) is 4.34. The fraction of sp³-hybridized carbons (Fsp3) is 0.154. The van der Waals surface area contributed by atoms with E-state index in [9.17, 15) is 22.0 Å². The normalized spacial score (nSPS) is 11.2. The zero-order valence-corrected chi connectivity index (χ0v) is 11.4. The summed E-state index contributed by atoms with van der Waals surface area (Å²) in [5.74, 6) is -10.2. The van der Waals surface area contributed by atoms with E-state index in [1.54, 1.807) is 19.9 Å². The van der Waals surface area contributed by atoms with Crippen LogP contribution in [0, 0.1) is 42.9 Å². The van der Waals surface area contributed by atoms with Crippen LogP contribution in [0.25, 0.3) is 0 Å². The first-order valence-corrected chi connectivity index (χ1v) is 5.94. The van der Waals surface area contributed by atoms with Crippen molar-refractivity contribution in [1.29, 1.82) is 0 Å². The third-order valence-electron chi connectivity index (χ3n) is 2.58. The molecule has 1 N–H and O–H groups in total. The fourth-order valence-electron chi connectivity index (χ4n) is 1.67. The molecule has 2 aromatic rings. The van der Waals surface area contributed by atoms with E-state index in [0.717, 1.165) is 0 Å². The van der Waals surface area contributed by atoms with Gasteiger partial charge in [0.25, 0.3) is 0 Å². The molecule has 0 unspecified atom stereocenters. The number of hydrogen-bond donors (Lipinski definition) is 1. The van der Waals surface area contributed by atoms with Crippen molar-refractivity contribution in [3.8, 4) is 0 Å². The number of halogens is 5. The second-order valence-electron chi connectivity index (χ2n) is 4.33. The predicted octanol–water partition coefficient (Wildman–Crippen LogP) is 3.23. The van der Waals surface area contributed by atoms with Crippen molar-refractivity contribution in [1.82, 2.24) is 9.97 Å². The molecule has 0 saturated heterocycles. The average molecular weight is 316 g/mol. The van der Waals surface area contributed by atoms with E-state index in [1.807, 2.05) is 0 Å². The van der Waals surface area contributed by atoms with Crippen molar-refractivity contribution in [3.05, 3.63) is 52.1 Å². The lowest BCUT2D eigenvalue weighted by Crippen LogP contribution is -2.07. The Labute approximate surface area is 121 Å². The van der Waals surface area contributed by atoms with Crippen LogP contribution >= 0.6 is 0 Å². The summed E-state index contributed by atoms with van der Waals surface area (Å²) >= 11 is 0. The van der Waals surface area contributed by atoms with Crippen LogP contribution in [-0.4, -0.2) is 16.2 Å². The van der Waals surface area contributed by atoms with Crippen molar-refractivity contribution in [2.45, 2.75) is 13.8 Å². The molecule has 0 saturated carbocycles. The number of hydrogen-bond acceptors (Lipinski definition) is 4. The third-order valence-corrected chi connectivity index (χ3v) is 2.58. The Morgan fingerprint density at radius 2 is 1.32 bits per heavy atom. The van der Waals surface area contributed by atoms with Gasteiger partial charge < -0.3 is 0 Å². The summed E-state index contributed by atoms with van der Waals surface area (Å²) in [4.78, 5) is 7.86. The Bertz CT molecular complexity index is 711. The van der Waals surface area contributed by atoms with E-state index in [1.165, 1.54) is 0 Å². The van der Waals surface area contributed by atoms with Crippen molar-refractivity contribution >= 4 is 12.2 Å². The van der Waals surface area contributed by atoms with Crippen molar-refractivity contribution < 1.29 is 22.0 Å². The summed E-state index contributed by atoms with van der Waals surface area (Å²) in [6.45, 7) is 3.38. The van der Waals surface area contributed by atoms with E-state index in [4.69, 9.17) is 0 Å². The molecule has 0 fully saturated rings. The van der Waals surface area contributed by atoms with Crippen LogP contribution in [0.1, 0.15) is 17.0 Å². The summed E-state index contributed by atoms with van der Waals surface area (Å²) < 4.78 is 65.6. The highest BCUT2D eigenvalue weighted by Crippen LogP contribution is 2.21. The number of nitrogens with zero attached hydrogens (tertiary/aromatic N) is 3. The minimum absolute atomic E-state index is 0.0256. The summed E-state index contributed by atoms with van der Waals surface area (Å²) in [5.41, 5.74) is 2.32. The SMILES string of the molecule is Cc1cc(C)nc(NN=Cc2c(F)c(F)c(F)c(F)c2F)n1. The lowest BCUT2D eigenvalue weighted by atomic mass is 10.2. The van der Waals surface area contributed by atoms with Gasteiger partial charge in [0.2, 0.25) is 11.8 Å². The van der Waals surface area contributed by atoms with Crippen LogP contribution in [0.5, 0.6) is 0 Å². The van der Waals surface area contributed by atoms with Crippen LogP contribution in [0.15, 0.2) is 11.2 Å². The van der Waals surface area contributed by atoms with Gasteiger partial charge >= 0.3 is 0 Å². The first-order valence-electron chi connectivity index (χ1n) is 5.94. The average Bonchev–Trinajstić information content (AvgIpc) is 2.46. The summed E-state index contributed by atoms with van der Waals surface area (Å²) in [7, 11) is 0. The molecule has 4 nitrogen and oxygen atoms in total.